The predicted molar refractivity (Wildman–Crippen MR) is 78.4 cm³/mol. The number of nitrogens with zero attached hydrogens (tertiary/aromatic N) is 1. The molecule has 98 valence electrons. The maximum absolute atomic E-state index is 11.9. The van der Waals surface area contributed by atoms with Gasteiger partial charge in [-0.2, -0.15) is 11.8 Å². The second-order valence-electron chi connectivity index (χ2n) is 4.62. The van der Waals surface area contributed by atoms with Crippen LogP contribution >= 0.6 is 23.4 Å². The second-order valence-corrected chi connectivity index (χ2v) is 6.04. The predicted octanol–water partition coefficient (Wildman–Crippen LogP) is 3.41. The molecule has 0 aliphatic carbocycles. The van der Waals surface area contributed by atoms with Crippen LogP contribution in [0.1, 0.15) is 24.3 Å². The normalized spacial score (nSPS) is 19.2. The number of carbonyl (C=O) groups is 1. The Morgan fingerprint density at radius 3 is 2.83 bits per heavy atom. The number of hydrogen-bond donors (Lipinski definition) is 0. The van der Waals surface area contributed by atoms with E-state index < -0.39 is 0 Å². The van der Waals surface area contributed by atoms with Gasteiger partial charge in [0.15, 0.2) is 0 Å². The van der Waals surface area contributed by atoms with Gasteiger partial charge in [0.2, 0.25) is 5.91 Å². The maximum Gasteiger partial charge on any atom is 0.223 e. The van der Waals surface area contributed by atoms with Crippen LogP contribution in [-0.2, 0) is 4.79 Å². The van der Waals surface area contributed by atoms with Gasteiger partial charge in [0.05, 0.1) is 0 Å². The van der Waals surface area contributed by atoms with Crippen LogP contribution in [0, 0.1) is 0 Å². The van der Waals surface area contributed by atoms with Crippen molar-refractivity contribution in [3.05, 3.63) is 34.9 Å². The summed E-state index contributed by atoms with van der Waals surface area (Å²) in [5, 5.41) is 0.768. The molecule has 1 aliphatic rings. The Hall–Kier alpha value is -0.670. The summed E-state index contributed by atoms with van der Waals surface area (Å²) in [4.78, 5) is 13.9. The van der Waals surface area contributed by atoms with E-state index in [0.717, 1.165) is 30.3 Å². The highest BCUT2D eigenvalue weighted by atomic mass is 35.5. The van der Waals surface area contributed by atoms with Gasteiger partial charge >= 0.3 is 0 Å². The number of amides is 1. The molecule has 18 heavy (non-hydrogen) atoms. The van der Waals surface area contributed by atoms with Crippen LogP contribution in [-0.4, -0.2) is 35.9 Å². The first kappa shape index (κ1) is 13.8. The average Bonchev–Trinajstić information content (AvgIpc) is 2.86. The lowest BCUT2D eigenvalue weighted by molar-refractivity contribution is -0.129. The minimum atomic E-state index is 0.292. The van der Waals surface area contributed by atoms with Gasteiger partial charge in [0.25, 0.3) is 0 Å². The van der Waals surface area contributed by atoms with Crippen LogP contribution in [0.5, 0.6) is 0 Å². The van der Waals surface area contributed by atoms with Crippen molar-refractivity contribution in [2.75, 3.05) is 25.1 Å². The molecule has 0 aromatic heterocycles. The van der Waals surface area contributed by atoms with E-state index in [0.29, 0.717) is 18.2 Å². The molecule has 0 spiro atoms. The Morgan fingerprint density at radius 1 is 1.44 bits per heavy atom. The van der Waals surface area contributed by atoms with Crippen molar-refractivity contribution in [1.82, 2.24) is 4.90 Å². The van der Waals surface area contributed by atoms with Gasteiger partial charge in [-0.05, 0) is 30.4 Å². The lowest BCUT2D eigenvalue weighted by Gasteiger charge is -2.16. The smallest absolute Gasteiger partial charge is 0.223 e. The number of benzene rings is 1. The van der Waals surface area contributed by atoms with E-state index in [1.165, 1.54) is 5.56 Å². The fraction of sp³-hybridized carbons (Fsp3) is 0.500. The highest BCUT2D eigenvalue weighted by Gasteiger charge is 2.26. The molecule has 1 aromatic carbocycles. The van der Waals surface area contributed by atoms with E-state index in [4.69, 9.17) is 11.6 Å². The monoisotopic (exact) mass is 283 g/mol. The van der Waals surface area contributed by atoms with E-state index in [1.807, 2.05) is 23.3 Å². The van der Waals surface area contributed by atoms with Crippen LogP contribution in [0.15, 0.2) is 24.3 Å². The van der Waals surface area contributed by atoms with Gasteiger partial charge in [0, 0.05) is 36.2 Å². The summed E-state index contributed by atoms with van der Waals surface area (Å²) in [6.45, 7) is 1.75. The van der Waals surface area contributed by atoms with Crippen LogP contribution in [0.4, 0.5) is 0 Å². The first-order valence-electron chi connectivity index (χ1n) is 6.23. The molecule has 1 saturated heterocycles. The average molecular weight is 284 g/mol. The van der Waals surface area contributed by atoms with Gasteiger partial charge in [-0.1, -0.05) is 23.7 Å². The van der Waals surface area contributed by atoms with Crippen molar-refractivity contribution in [2.24, 2.45) is 0 Å². The van der Waals surface area contributed by atoms with Crippen molar-refractivity contribution in [3.8, 4) is 0 Å². The largest absolute Gasteiger partial charge is 0.342 e. The lowest BCUT2D eigenvalue weighted by atomic mass is 9.99. The molecular weight excluding hydrogens is 266 g/mol. The molecule has 0 bridgehead atoms. The van der Waals surface area contributed by atoms with E-state index in [1.54, 1.807) is 11.8 Å². The Bertz CT molecular complexity index is 407. The molecule has 1 fully saturated rings. The van der Waals surface area contributed by atoms with Crippen molar-refractivity contribution < 1.29 is 4.79 Å². The number of rotatable bonds is 4. The second kappa shape index (κ2) is 6.48. The van der Waals surface area contributed by atoms with E-state index in [2.05, 4.69) is 12.1 Å². The highest BCUT2D eigenvalue weighted by Crippen LogP contribution is 2.28. The molecule has 1 unspecified atom stereocenters. The number of halogens is 1. The minimum Gasteiger partial charge on any atom is -0.342 e. The van der Waals surface area contributed by atoms with Crippen molar-refractivity contribution in [3.63, 3.8) is 0 Å². The molecule has 0 N–H and O–H groups in total. The molecule has 0 saturated carbocycles. The van der Waals surface area contributed by atoms with E-state index in [-0.39, 0.29) is 0 Å². The fourth-order valence-electron chi connectivity index (χ4n) is 2.34. The summed E-state index contributed by atoms with van der Waals surface area (Å²) in [7, 11) is 0. The molecule has 1 atom stereocenters. The summed E-state index contributed by atoms with van der Waals surface area (Å²) in [5.74, 6) is 1.68. The summed E-state index contributed by atoms with van der Waals surface area (Å²) >= 11 is 7.61. The Balaban J connectivity index is 1.91. The van der Waals surface area contributed by atoms with E-state index >= 15 is 0 Å². The summed E-state index contributed by atoms with van der Waals surface area (Å²) < 4.78 is 0. The van der Waals surface area contributed by atoms with Crippen molar-refractivity contribution >= 4 is 29.3 Å². The van der Waals surface area contributed by atoms with Gasteiger partial charge in [-0.3, -0.25) is 4.79 Å². The third kappa shape index (κ3) is 3.42. The molecule has 1 heterocycles. The van der Waals surface area contributed by atoms with Crippen LogP contribution in [0.2, 0.25) is 5.02 Å². The summed E-state index contributed by atoms with van der Waals surface area (Å²) in [5.41, 5.74) is 1.29. The van der Waals surface area contributed by atoms with Crippen LogP contribution in [0.3, 0.4) is 0 Å². The molecule has 4 heteroatoms. The summed E-state index contributed by atoms with van der Waals surface area (Å²) in [6, 6.07) is 8.00. The minimum absolute atomic E-state index is 0.292. The van der Waals surface area contributed by atoms with Crippen molar-refractivity contribution in [1.29, 1.82) is 0 Å². The highest BCUT2D eigenvalue weighted by molar-refractivity contribution is 7.98. The molecule has 2 nitrogen and oxygen atoms in total. The molecule has 2 rings (SSSR count). The fourth-order valence-corrected chi connectivity index (χ4v) is 2.85. The zero-order valence-electron chi connectivity index (χ0n) is 10.6. The zero-order valence-corrected chi connectivity index (χ0v) is 12.1. The zero-order chi connectivity index (χ0) is 13.0. The first-order chi connectivity index (χ1) is 8.70. The number of hydrogen-bond acceptors (Lipinski definition) is 2. The molecule has 1 aliphatic heterocycles. The Kier molecular flexibility index (Phi) is 4.95. The van der Waals surface area contributed by atoms with Gasteiger partial charge in [-0.15, -0.1) is 0 Å². The van der Waals surface area contributed by atoms with Gasteiger partial charge < -0.3 is 4.90 Å². The topological polar surface area (TPSA) is 20.3 Å². The van der Waals surface area contributed by atoms with Crippen LogP contribution in [0.25, 0.3) is 0 Å². The number of likely N-dealkylation sites (tertiary alicyclic amines) is 1. The summed E-state index contributed by atoms with van der Waals surface area (Å²) in [6.07, 6.45) is 3.76. The molecule has 1 aromatic rings. The molecular formula is C14H18ClNOS. The van der Waals surface area contributed by atoms with Crippen LogP contribution < -0.4 is 0 Å². The number of carbonyl (C=O) groups excluding carboxylic acids is 1. The quantitative estimate of drug-likeness (QED) is 0.844. The lowest BCUT2D eigenvalue weighted by Crippen LogP contribution is -2.28. The third-order valence-electron chi connectivity index (χ3n) is 3.40. The standard InChI is InChI=1S/C14H18ClNOS/c1-18-9-7-14(17)16-8-6-12(10-16)11-2-4-13(15)5-3-11/h2-5,12H,6-10H2,1H3. The number of thioether (sulfide) groups is 1. The first-order valence-corrected chi connectivity index (χ1v) is 8.00. The van der Waals surface area contributed by atoms with Crippen molar-refractivity contribution in [2.45, 2.75) is 18.8 Å². The Labute approximate surface area is 118 Å². The third-order valence-corrected chi connectivity index (χ3v) is 4.27. The van der Waals surface area contributed by atoms with Gasteiger partial charge in [-0.25, -0.2) is 0 Å². The maximum atomic E-state index is 11.9. The molecule has 1 amide bonds. The Morgan fingerprint density at radius 2 is 2.17 bits per heavy atom. The molecule has 0 radical (unpaired) electrons. The van der Waals surface area contributed by atoms with Gasteiger partial charge in [0.1, 0.15) is 0 Å². The SMILES string of the molecule is CSCCC(=O)N1CCC(c2ccc(Cl)cc2)C1. The van der Waals surface area contributed by atoms with E-state index in [9.17, 15) is 4.79 Å².